The molecule has 0 aliphatic heterocycles. The molecule has 0 fully saturated rings. The summed E-state index contributed by atoms with van der Waals surface area (Å²) in [5, 5.41) is 16.4. The minimum Gasteiger partial charge on any atom is -0.476 e. The third-order valence-electron chi connectivity index (χ3n) is 2.96. The Bertz CT molecular complexity index is 376. The van der Waals surface area contributed by atoms with Crippen LogP contribution in [0.2, 0.25) is 0 Å². The van der Waals surface area contributed by atoms with Crippen LogP contribution in [0.3, 0.4) is 0 Å². The van der Waals surface area contributed by atoms with Crippen molar-refractivity contribution in [1.82, 2.24) is 15.0 Å². The SMILES string of the molecule is CCCCCCCCn1nnc(C(=O)O)c1CN. The fourth-order valence-electron chi connectivity index (χ4n) is 1.92. The number of carboxylic acid groups (broad SMARTS) is 1. The van der Waals surface area contributed by atoms with Crippen molar-refractivity contribution >= 4 is 5.97 Å². The number of carbonyl (C=O) groups is 1. The molecular weight excluding hydrogens is 232 g/mol. The number of nitrogens with zero attached hydrogens (tertiary/aromatic N) is 3. The summed E-state index contributed by atoms with van der Waals surface area (Å²) >= 11 is 0. The lowest BCUT2D eigenvalue weighted by molar-refractivity contribution is 0.0689. The summed E-state index contributed by atoms with van der Waals surface area (Å²) in [5.74, 6) is -1.07. The summed E-state index contributed by atoms with van der Waals surface area (Å²) in [6, 6.07) is 0. The highest BCUT2D eigenvalue weighted by molar-refractivity contribution is 5.86. The minimum absolute atomic E-state index is 0.0246. The van der Waals surface area contributed by atoms with Crippen molar-refractivity contribution in [2.75, 3.05) is 0 Å². The fraction of sp³-hybridized carbons (Fsp3) is 0.750. The highest BCUT2D eigenvalue weighted by Gasteiger charge is 2.16. The first-order valence-corrected chi connectivity index (χ1v) is 6.56. The second kappa shape index (κ2) is 7.81. The Morgan fingerprint density at radius 1 is 1.28 bits per heavy atom. The quantitative estimate of drug-likeness (QED) is 0.655. The van der Waals surface area contributed by atoms with Crippen LogP contribution in [0.5, 0.6) is 0 Å². The van der Waals surface area contributed by atoms with E-state index in [1.807, 2.05) is 0 Å². The van der Waals surface area contributed by atoms with Gasteiger partial charge in [0.15, 0.2) is 5.69 Å². The molecule has 0 unspecified atom stereocenters. The molecule has 0 atom stereocenters. The Hall–Kier alpha value is -1.43. The van der Waals surface area contributed by atoms with E-state index < -0.39 is 5.97 Å². The number of nitrogens with two attached hydrogens (primary N) is 1. The summed E-state index contributed by atoms with van der Waals surface area (Å²) in [5.41, 5.74) is 6.03. The van der Waals surface area contributed by atoms with E-state index in [4.69, 9.17) is 10.8 Å². The lowest BCUT2D eigenvalue weighted by Gasteiger charge is -2.05. The molecule has 6 nitrogen and oxygen atoms in total. The third kappa shape index (κ3) is 4.10. The summed E-state index contributed by atoms with van der Waals surface area (Å²) in [4.78, 5) is 10.9. The topological polar surface area (TPSA) is 94.0 Å². The van der Waals surface area contributed by atoms with Gasteiger partial charge in [0.25, 0.3) is 0 Å². The van der Waals surface area contributed by atoms with Crippen LogP contribution >= 0.6 is 0 Å². The summed E-state index contributed by atoms with van der Waals surface area (Å²) in [7, 11) is 0. The van der Waals surface area contributed by atoms with Gasteiger partial charge in [-0.25, -0.2) is 9.48 Å². The Labute approximate surface area is 107 Å². The van der Waals surface area contributed by atoms with Crippen molar-refractivity contribution in [1.29, 1.82) is 0 Å². The van der Waals surface area contributed by atoms with Crippen LogP contribution in [0, 0.1) is 0 Å². The maximum Gasteiger partial charge on any atom is 0.358 e. The number of unbranched alkanes of at least 4 members (excludes halogenated alkanes) is 5. The van der Waals surface area contributed by atoms with E-state index in [-0.39, 0.29) is 12.2 Å². The van der Waals surface area contributed by atoms with Crippen LogP contribution in [0.25, 0.3) is 0 Å². The third-order valence-corrected chi connectivity index (χ3v) is 2.96. The van der Waals surface area contributed by atoms with E-state index >= 15 is 0 Å². The van der Waals surface area contributed by atoms with Crippen molar-refractivity contribution in [2.45, 2.75) is 58.5 Å². The molecule has 1 aromatic rings. The molecule has 1 rings (SSSR count). The molecule has 0 aliphatic rings. The molecule has 0 spiro atoms. The van der Waals surface area contributed by atoms with Gasteiger partial charge in [0.05, 0.1) is 5.69 Å². The minimum atomic E-state index is -1.07. The molecule has 0 radical (unpaired) electrons. The van der Waals surface area contributed by atoms with Gasteiger partial charge < -0.3 is 10.8 Å². The predicted octanol–water partition coefficient (Wildman–Crippen LogP) is 1.80. The van der Waals surface area contributed by atoms with Crippen LogP contribution in [0.1, 0.15) is 61.6 Å². The van der Waals surface area contributed by atoms with Crippen LogP contribution < -0.4 is 5.73 Å². The van der Waals surface area contributed by atoms with Crippen LogP contribution in [-0.4, -0.2) is 26.1 Å². The number of hydrogen-bond acceptors (Lipinski definition) is 4. The van der Waals surface area contributed by atoms with E-state index in [2.05, 4.69) is 17.2 Å². The van der Waals surface area contributed by atoms with Crippen molar-refractivity contribution in [3.63, 3.8) is 0 Å². The first kappa shape index (κ1) is 14.6. The van der Waals surface area contributed by atoms with Gasteiger partial charge in [-0.2, -0.15) is 0 Å². The van der Waals surface area contributed by atoms with Crippen LogP contribution in [0.4, 0.5) is 0 Å². The number of aromatic nitrogens is 3. The first-order chi connectivity index (χ1) is 8.70. The monoisotopic (exact) mass is 254 g/mol. The van der Waals surface area contributed by atoms with Gasteiger partial charge in [0, 0.05) is 13.1 Å². The maximum atomic E-state index is 10.9. The molecule has 3 N–H and O–H groups in total. The number of aryl methyl sites for hydroxylation is 1. The normalized spacial score (nSPS) is 10.8. The predicted molar refractivity (Wildman–Crippen MR) is 68.2 cm³/mol. The standard InChI is InChI=1S/C12H22N4O2/c1-2-3-4-5-6-7-8-16-10(9-13)11(12(17)18)14-15-16/h2-9,13H2,1H3,(H,17,18). The van der Waals surface area contributed by atoms with Crippen molar-refractivity contribution in [3.8, 4) is 0 Å². The van der Waals surface area contributed by atoms with Crippen LogP contribution in [-0.2, 0) is 13.1 Å². The molecular formula is C12H22N4O2. The van der Waals surface area contributed by atoms with E-state index in [1.54, 1.807) is 4.68 Å². The summed E-state index contributed by atoms with van der Waals surface area (Å²) in [6.45, 7) is 3.04. The van der Waals surface area contributed by atoms with Gasteiger partial charge in [-0.1, -0.05) is 44.2 Å². The number of hydrogen-bond donors (Lipinski definition) is 2. The molecule has 0 saturated carbocycles. The van der Waals surface area contributed by atoms with E-state index in [0.717, 1.165) is 12.8 Å². The first-order valence-electron chi connectivity index (χ1n) is 6.56. The molecule has 6 heteroatoms. The molecule has 1 aromatic heterocycles. The van der Waals surface area contributed by atoms with E-state index in [9.17, 15) is 4.79 Å². The van der Waals surface area contributed by atoms with Gasteiger partial charge in [-0.15, -0.1) is 5.10 Å². The zero-order chi connectivity index (χ0) is 13.4. The average Bonchev–Trinajstić information content (AvgIpc) is 2.76. The smallest absolute Gasteiger partial charge is 0.358 e. The summed E-state index contributed by atoms with van der Waals surface area (Å²) < 4.78 is 1.61. The maximum absolute atomic E-state index is 10.9. The Balaban J connectivity index is 2.40. The average molecular weight is 254 g/mol. The number of rotatable bonds is 9. The molecule has 0 saturated heterocycles. The van der Waals surface area contributed by atoms with Crippen molar-refractivity contribution in [3.05, 3.63) is 11.4 Å². The molecule has 0 aliphatic carbocycles. The fourth-order valence-corrected chi connectivity index (χ4v) is 1.92. The van der Waals surface area contributed by atoms with Gasteiger partial charge in [-0.3, -0.25) is 0 Å². The second-order valence-corrected chi connectivity index (χ2v) is 4.38. The zero-order valence-corrected chi connectivity index (χ0v) is 10.9. The van der Waals surface area contributed by atoms with E-state index in [1.165, 1.54) is 25.7 Å². The molecule has 102 valence electrons. The lowest BCUT2D eigenvalue weighted by atomic mass is 10.1. The molecule has 0 bridgehead atoms. The number of carboxylic acids is 1. The zero-order valence-electron chi connectivity index (χ0n) is 10.9. The Morgan fingerprint density at radius 3 is 2.56 bits per heavy atom. The molecule has 0 amide bonds. The van der Waals surface area contributed by atoms with Crippen LogP contribution in [0.15, 0.2) is 0 Å². The summed E-state index contributed by atoms with van der Waals surface area (Å²) in [6.07, 6.45) is 7.11. The van der Waals surface area contributed by atoms with Crippen molar-refractivity contribution in [2.24, 2.45) is 5.73 Å². The molecule has 0 aromatic carbocycles. The molecule has 1 heterocycles. The van der Waals surface area contributed by atoms with Gasteiger partial charge in [0.2, 0.25) is 0 Å². The molecule has 18 heavy (non-hydrogen) atoms. The highest BCUT2D eigenvalue weighted by Crippen LogP contribution is 2.09. The number of aromatic carboxylic acids is 1. The van der Waals surface area contributed by atoms with Gasteiger partial charge in [0.1, 0.15) is 0 Å². The lowest BCUT2D eigenvalue weighted by Crippen LogP contribution is -2.12. The van der Waals surface area contributed by atoms with Crippen molar-refractivity contribution < 1.29 is 9.90 Å². The van der Waals surface area contributed by atoms with Gasteiger partial charge >= 0.3 is 5.97 Å². The largest absolute Gasteiger partial charge is 0.476 e. The Morgan fingerprint density at radius 2 is 1.94 bits per heavy atom. The van der Waals surface area contributed by atoms with E-state index in [0.29, 0.717) is 12.2 Å². The Kier molecular flexibility index (Phi) is 6.35. The highest BCUT2D eigenvalue weighted by atomic mass is 16.4. The van der Waals surface area contributed by atoms with Gasteiger partial charge in [-0.05, 0) is 6.42 Å². The second-order valence-electron chi connectivity index (χ2n) is 4.38.